The van der Waals surface area contributed by atoms with Crippen molar-refractivity contribution in [2.45, 2.75) is 0 Å². The highest BCUT2D eigenvalue weighted by Gasteiger charge is 2.22. The van der Waals surface area contributed by atoms with Gasteiger partial charge in [0.25, 0.3) is 0 Å². The van der Waals surface area contributed by atoms with Gasteiger partial charge in [0, 0.05) is 49.6 Å². The summed E-state index contributed by atoms with van der Waals surface area (Å²) in [5.41, 5.74) is 17.7. The van der Waals surface area contributed by atoms with Gasteiger partial charge in [-0.2, -0.15) is 0 Å². The summed E-state index contributed by atoms with van der Waals surface area (Å²) < 4.78 is 8.91. The van der Waals surface area contributed by atoms with E-state index in [2.05, 4.69) is 240 Å². The zero-order valence-corrected chi connectivity index (χ0v) is 34.4. The molecule has 0 saturated carbocycles. The molecule has 2 heterocycles. The SMILES string of the molecule is c1ccc(-c2ccccc2-c2ccc(N(c3ccc(-c4cccc5c4oc4ccccc45)cc3)c3ccccc3-c3ccccc3-n3c4ccccc4c4ccccc43)cc2)cc1. The number of furan rings is 1. The summed E-state index contributed by atoms with van der Waals surface area (Å²) in [4.78, 5) is 2.40. The van der Waals surface area contributed by atoms with Crippen LogP contribution in [0.15, 0.2) is 247 Å². The quantitative estimate of drug-likeness (QED) is 0.153. The van der Waals surface area contributed by atoms with E-state index in [0.717, 1.165) is 72.5 Å². The highest BCUT2D eigenvalue weighted by molar-refractivity contribution is 6.11. The number of hydrogen-bond donors (Lipinski definition) is 0. The van der Waals surface area contributed by atoms with Gasteiger partial charge in [-0.05, 0) is 82.4 Å². The van der Waals surface area contributed by atoms with Gasteiger partial charge < -0.3 is 13.9 Å². The fraction of sp³-hybridized carbons (Fsp3) is 0. The molecule has 0 spiro atoms. The molecule has 0 unspecified atom stereocenters. The summed E-state index contributed by atoms with van der Waals surface area (Å²) in [6.45, 7) is 0. The van der Waals surface area contributed by atoms with Gasteiger partial charge in [-0.15, -0.1) is 0 Å². The molecule has 63 heavy (non-hydrogen) atoms. The van der Waals surface area contributed by atoms with E-state index in [1.807, 2.05) is 12.1 Å². The molecule has 296 valence electrons. The minimum atomic E-state index is 0.898. The second-order valence-corrected chi connectivity index (χ2v) is 16.0. The van der Waals surface area contributed by atoms with E-state index in [0.29, 0.717) is 0 Å². The number of hydrogen-bond acceptors (Lipinski definition) is 2. The molecule has 0 saturated heterocycles. The molecule has 12 rings (SSSR count). The third-order valence-corrected chi connectivity index (χ3v) is 12.4. The molecule has 0 N–H and O–H groups in total. The molecule has 2 aromatic heterocycles. The van der Waals surface area contributed by atoms with Gasteiger partial charge in [0.05, 0.1) is 22.4 Å². The van der Waals surface area contributed by atoms with Crippen molar-refractivity contribution in [3.63, 3.8) is 0 Å². The highest BCUT2D eigenvalue weighted by Crippen LogP contribution is 2.45. The number of benzene rings is 10. The second-order valence-electron chi connectivity index (χ2n) is 16.0. The molecule has 12 aromatic rings. The maximum Gasteiger partial charge on any atom is 0.143 e. The van der Waals surface area contributed by atoms with Crippen LogP contribution in [-0.4, -0.2) is 4.57 Å². The Kier molecular flexibility index (Phi) is 8.83. The Morgan fingerprint density at radius 1 is 0.302 bits per heavy atom. The first-order chi connectivity index (χ1) is 31.3. The summed E-state index contributed by atoms with van der Waals surface area (Å²) in [6, 6.07) is 87.1. The molecule has 0 aliphatic heterocycles. The van der Waals surface area contributed by atoms with Crippen LogP contribution < -0.4 is 4.90 Å². The first kappa shape index (κ1) is 36.5. The Hall–Kier alpha value is -8.40. The van der Waals surface area contributed by atoms with Crippen molar-refractivity contribution in [3.8, 4) is 50.2 Å². The monoisotopic (exact) mass is 804 g/mol. The third-order valence-electron chi connectivity index (χ3n) is 12.4. The van der Waals surface area contributed by atoms with Gasteiger partial charge in [-0.3, -0.25) is 0 Å². The van der Waals surface area contributed by atoms with Crippen molar-refractivity contribution in [2.24, 2.45) is 0 Å². The summed E-state index contributed by atoms with van der Waals surface area (Å²) in [5.74, 6) is 0. The maximum absolute atomic E-state index is 6.49. The van der Waals surface area contributed by atoms with Crippen molar-refractivity contribution < 1.29 is 4.42 Å². The number of aromatic nitrogens is 1. The first-order valence-corrected chi connectivity index (χ1v) is 21.5. The van der Waals surface area contributed by atoms with Crippen LogP contribution in [0.4, 0.5) is 17.1 Å². The van der Waals surface area contributed by atoms with Gasteiger partial charge in [0.2, 0.25) is 0 Å². The van der Waals surface area contributed by atoms with Crippen LogP contribution in [0, 0.1) is 0 Å². The molecule has 0 radical (unpaired) electrons. The summed E-state index contributed by atoms with van der Waals surface area (Å²) >= 11 is 0. The molecule has 0 fully saturated rings. The van der Waals surface area contributed by atoms with E-state index in [1.54, 1.807) is 0 Å². The third kappa shape index (κ3) is 6.21. The Morgan fingerprint density at radius 2 is 0.762 bits per heavy atom. The van der Waals surface area contributed by atoms with E-state index in [1.165, 1.54) is 38.5 Å². The van der Waals surface area contributed by atoms with E-state index < -0.39 is 0 Å². The summed E-state index contributed by atoms with van der Waals surface area (Å²) in [6.07, 6.45) is 0. The number of nitrogens with zero attached hydrogens (tertiary/aromatic N) is 2. The van der Waals surface area contributed by atoms with E-state index in [-0.39, 0.29) is 0 Å². The minimum Gasteiger partial charge on any atom is -0.455 e. The number of rotatable bonds is 8. The van der Waals surface area contributed by atoms with E-state index in [4.69, 9.17) is 4.42 Å². The van der Waals surface area contributed by atoms with E-state index >= 15 is 0 Å². The van der Waals surface area contributed by atoms with Crippen LogP contribution in [-0.2, 0) is 0 Å². The van der Waals surface area contributed by atoms with Crippen LogP contribution in [0.5, 0.6) is 0 Å². The van der Waals surface area contributed by atoms with Crippen molar-refractivity contribution in [1.82, 2.24) is 4.57 Å². The Balaban J connectivity index is 1.03. The fourth-order valence-electron chi connectivity index (χ4n) is 9.56. The highest BCUT2D eigenvalue weighted by atomic mass is 16.3. The lowest BCUT2D eigenvalue weighted by Crippen LogP contribution is -2.11. The zero-order chi connectivity index (χ0) is 41.7. The van der Waals surface area contributed by atoms with Crippen LogP contribution in [0.2, 0.25) is 0 Å². The molecule has 3 heteroatoms. The topological polar surface area (TPSA) is 21.3 Å². The largest absolute Gasteiger partial charge is 0.455 e. The summed E-state index contributed by atoms with van der Waals surface area (Å²) in [5, 5.41) is 4.73. The Morgan fingerprint density at radius 3 is 1.43 bits per heavy atom. The van der Waals surface area contributed by atoms with Crippen molar-refractivity contribution in [2.75, 3.05) is 4.90 Å². The lowest BCUT2D eigenvalue weighted by atomic mass is 9.94. The summed E-state index contributed by atoms with van der Waals surface area (Å²) in [7, 11) is 0. The fourth-order valence-corrected chi connectivity index (χ4v) is 9.56. The number of para-hydroxylation sites is 6. The minimum absolute atomic E-state index is 0.898. The van der Waals surface area contributed by atoms with Crippen LogP contribution in [0.3, 0.4) is 0 Å². The van der Waals surface area contributed by atoms with E-state index in [9.17, 15) is 0 Å². The Labute approximate surface area is 366 Å². The molecule has 10 aromatic carbocycles. The van der Waals surface area contributed by atoms with Gasteiger partial charge >= 0.3 is 0 Å². The van der Waals surface area contributed by atoms with Crippen LogP contribution >= 0.6 is 0 Å². The Bertz CT molecular complexity index is 3560. The van der Waals surface area contributed by atoms with Gasteiger partial charge in [-0.1, -0.05) is 188 Å². The predicted octanol–water partition coefficient (Wildman–Crippen LogP) is 16.8. The molecular weight excluding hydrogens is 765 g/mol. The number of fused-ring (bicyclic) bond motifs is 6. The smallest absolute Gasteiger partial charge is 0.143 e. The van der Waals surface area contributed by atoms with Crippen molar-refractivity contribution in [3.05, 3.63) is 243 Å². The molecule has 0 aliphatic rings. The molecule has 0 atom stereocenters. The predicted molar refractivity (Wildman–Crippen MR) is 264 cm³/mol. The average Bonchev–Trinajstić information content (AvgIpc) is 3.91. The lowest BCUT2D eigenvalue weighted by molar-refractivity contribution is 0.670. The standard InChI is InChI=1S/C60H40N2O/c1-2-17-41(18-3-1)46-19-4-5-20-47(46)42-33-37-44(38-34-42)61(45-39-35-43(36-40-45)48-26-16-27-54-53-25-10-15-32-59(53)63-60(48)54)55-28-11-6-21-49(55)50-22-7-12-29-56(50)62-57-30-13-8-23-51(57)52-24-9-14-31-58(52)62/h1-40H. The van der Waals surface area contributed by atoms with Gasteiger partial charge in [0.15, 0.2) is 0 Å². The van der Waals surface area contributed by atoms with Crippen molar-refractivity contribution >= 4 is 60.8 Å². The van der Waals surface area contributed by atoms with Gasteiger partial charge in [-0.25, -0.2) is 0 Å². The average molecular weight is 805 g/mol. The molecule has 0 aliphatic carbocycles. The van der Waals surface area contributed by atoms with Gasteiger partial charge in [0.1, 0.15) is 11.2 Å². The number of anilines is 3. The molecule has 0 bridgehead atoms. The first-order valence-electron chi connectivity index (χ1n) is 21.5. The molecular formula is C60H40N2O. The molecule has 3 nitrogen and oxygen atoms in total. The second kappa shape index (κ2) is 15.3. The normalized spacial score (nSPS) is 11.5. The van der Waals surface area contributed by atoms with Crippen LogP contribution in [0.1, 0.15) is 0 Å². The van der Waals surface area contributed by atoms with Crippen LogP contribution in [0.25, 0.3) is 93.9 Å². The lowest BCUT2D eigenvalue weighted by Gasteiger charge is -2.29. The zero-order valence-electron chi connectivity index (χ0n) is 34.4. The maximum atomic E-state index is 6.49. The van der Waals surface area contributed by atoms with Crippen molar-refractivity contribution in [1.29, 1.82) is 0 Å². The molecule has 0 amide bonds.